The summed E-state index contributed by atoms with van der Waals surface area (Å²) < 4.78 is 8.31. The number of fused-ring (bicyclic) bond motifs is 2. The van der Waals surface area contributed by atoms with Crippen LogP contribution in [0.5, 0.6) is 5.75 Å². The van der Waals surface area contributed by atoms with Gasteiger partial charge < -0.3 is 14.4 Å². The summed E-state index contributed by atoms with van der Waals surface area (Å²) in [5, 5.41) is 11.1. The van der Waals surface area contributed by atoms with Crippen LogP contribution < -0.4 is 4.74 Å². The number of carboxylic acid groups (broad SMARTS) is 1. The number of rotatable bonds is 4. The van der Waals surface area contributed by atoms with Gasteiger partial charge >= 0.3 is 5.97 Å². The fraction of sp³-hybridized carbons (Fsp3) is 0.111. The summed E-state index contributed by atoms with van der Waals surface area (Å²) in [5.74, 6) is -0.240. The van der Waals surface area contributed by atoms with E-state index in [9.17, 15) is 9.90 Å². The summed E-state index contributed by atoms with van der Waals surface area (Å²) in [4.78, 5) is 16.1. The van der Waals surface area contributed by atoms with Gasteiger partial charge in [0.05, 0.1) is 35.0 Å². The first kappa shape index (κ1) is 14.7. The maximum Gasteiger partial charge on any atom is 0.337 e. The van der Waals surface area contributed by atoms with Gasteiger partial charge in [-0.3, -0.25) is 0 Å². The van der Waals surface area contributed by atoms with E-state index < -0.39 is 5.97 Å². The van der Waals surface area contributed by atoms with Crippen LogP contribution in [0.4, 0.5) is 0 Å². The maximum absolute atomic E-state index is 11.5. The largest absolute Gasteiger partial charge is 0.497 e. The number of hydrogen-bond donors (Lipinski definition) is 1. The summed E-state index contributed by atoms with van der Waals surface area (Å²) in [6.07, 6.45) is 1.67. The average molecular weight is 338 g/mol. The van der Waals surface area contributed by atoms with E-state index in [1.165, 1.54) is 0 Å². The summed E-state index contributed by atoms with van der Waals surface area (Å²) in [5.41, 5.74) is 2.07. The molecule has 2 aromatic carbocycles. The summed E-state index contributed by atoms with van der Waals surface area (Å²) in [6, 6.07) is 13.4. The molecule has 0 aliphatic heterocycles. The van der Waals surface area contributed by atoms with Crippen molar-refractivity contribution in [2.45, 2.75) is 6.54 Å². The highest BCUT2D eigenvalue weighted by Gasteiger charge is 2.16. The van der Waals surface area contributed by atoms with Gasteiger partial charge in [-0.1, -0.05) is 12.1 Å². The van der Waals surface area contributed by atoms with Crippen LogP contribution in [0.1, 0.15) is 15.4 Å². The Bertz CT molecular complexity index is 1030. The number of ether oxygens (including phenoxy) is 1. The smallest absolute Gasteiger partial charge is 0.337 e. The molecule has 0 amide bonds. The number of carboxylic acids is 1. The predicted molar refractivity (Wildman–Crippen MR) is 94.2 cm³/mol. The van der Waals surface area contributed by atoms with Crippen molar-refractivity contribution in [3.05, 3.63) is 59.2 Å². The first-order chi connectivity index (χ1) is 11.7. The molecular weight excluding hydrogens is 324 g/mol. The second-order valence-electron chi connectivity index (χ2n) is 5.43. The highest BCUT2D eigenvalue weighted by molar-refractivity contribution is 7.18. The Hall–Kier alpha value is -2.86. The van der Waals surface area contributed by atoms with Crippen LogP contribution >= 0.6 is 11.3 Å². The van der Waals surface area contributed by atoms with Crippen molar-refractivity contribution >= 4 is 38.4 Å². The van der Waals surface area contributed by atoms with Crippen LogP contribution in [-0.4, -0.2) is 27.7 Å². The third kappa shape index (κ3) is 2.41. The number of carbonyl (C=O) groups is 1. The van der Waals surface area contributed by atoms with Gasteiger partial charge in [-0.2, -0.15) is 0 Å². The molecule has 4 aromatic rings. The third-order valence-corrected chi connectivity index (χ3v) is 4.98. The van der Waals surface area contributed by atoms with Crippen LogP contribution in [0.15, 0.2) is 48.7 Å². The number of para-hydroxylation sites is 1. The summed E-state index contributed by atoms with van der Waals surface area (Å²) in [7, 11) is 1.60. The van der Waals surface area contributed by atoms with Crippen molar-refractivity contribution in [3.8, 4) is 5.75 Å². The minimum atomic E-state index is -0.937. The number of methoxy groups -OCH3 is 1. The molecule has 6 heteroatoms. The number of aromatic nitrogens is 2. The van der Waals surface area contributed by atoms with Crippen LogP contribution in [0.2, 0.25) is 0 Å². The highest BCUT2D eigenvalue weighted by atomic mass is 32.1. The zero-order valence-electron chi connectivity index (χ0n) is 12.9. The predicted octanol–water partition coefficient (Wildman–Crippen LogP) is 4.01. The summed E-state index contributed by atoms with van der Waals surface area (Å²) in [6.45, 7) is 0.524. The molecule has 5 nitrogen and oxygen atoms in total. The van der Waals surface area contributed by atoms with Crippen molar-refractivity contribution in [2.24, 2.45) is 0 Å². The molecule has 0 spiro atoms. The molecule has 4 rings (SSSR count). The van der Waals surface area contributed by atoms with Gasteiger partial charge in [0.15, 0.2) is 0 Å². The Morgan fingerprint density at radius 3 is 2.88 bits per heavy atom. The fourth-order valence-electron chi connectivity index (χ4n) is 2.83. The number of hydrogen-bond acceptors (Lipinski definition) is 4. The van der Waals surface area contributed by atoms with Crippen LogP contribution in [0.25, 0.3) is 21.1 Å². The van der Waals surface area contributed by atoms with Crippen LogP contribution in [-0.2, 0) is 6.54 Å². The molecule has 0 aliphatic rings. The molecule has 0 unspecified atom stereocenters. The molecule has 2 heterocycles. The van der Waals surface area contributed by atoms with Gasteiger partial charge in [0.25, 0.3) is 0 Å². The van der Waals surface area contributed by atoms with Gasteiger partial charge in [-0.15, -0.1) is 11.3 Å². The molecular formula is C18H14N2O3S. The van der Waals surface area contributed by atoms with E-state index in [0.29, 0.717) is 17.7 Å². The normalized spacial score (nSPS) is 11.2. The lowest BCUT2D eigenvalue weighted by atomic mass is 10.2. The minimum absolute atomic E-state index is 0.286. The first-order valence-corrected chi connectivity index (χ1v) is 8.22. The molecule has 0 aliphatic carbocycles. The Kier molecular flexibility index (Phi) is 3.46. The molecule has 2 aromatic heterocycles. The van der Waals surface area contributed by atoms with E-state index in [1.54, 1.807) is 36.8 Å². The zero-order valence-corrected chi connectivity index (χ0v) is 13.7. The SMILES string of the molecule is COc1ccc2c(C(=O)O)cn(Cc3nc4ccccc4s3)c2c1. The van der Waals surface area contributed by atoms with E-state index in [2.05, 4.69) is 4.98 Å². The average Bonchev–Trinajstić information content (AvgIpc) is 3.15. The lowest BCUT2D eigenvalue weighted by molar-refractivity contribution is 0.0699. The Labute approximate surface area is 141 Å². The number of aromatic carboxylic acids is 1. The Morgan fingerprint density at radius 2 is 2.12 bits per heavy atom. The first-order valence-electron chi connectivity index (χ1n) is 7.40. The molecule has 0 atom stereocenters. The van der Waals surface area contributed by atoms with Gasteiger partial charge in [0.1, 0.15) is 10.8 Å². The van der Waals surface area contributed by atoms with Crippen molar-refractivity contribution in [1.82, 2.24) is 9.55 Å². The van der Waals surface area contributed by atoms with Gasteiger partial charge in [-0.05, 0) is 24.3 Å². The van der Waals surface area contributed by atoms with E-state index in [4.69, 9.17) is 4.74 Å². The third-order valence-electron chi connectivity index (χ3n) is 3.96. The minimum Gasteiger partial charge on any atom is -0.497 e. The second kappa shape index (κ2) is 5.65. The standard InChI is InChI=1S/C18H14N2O3S/c1-23-11-6-7-12-13(18(21)22)9-20(15(12)8-11)10-17-19-14-4-2-3-5-16(14)24-17/h2-9H,10H2,1H3,(H,21,22). The topological polar surface area (TPSA) is 64.3 Å². The molecule has 0 bridgehead atoms. The number of benzene rings is 2. The number of nitrogens with zero attached hydrogens (tertiary/aromatic N) is 2. The Morgan fingerprint density at radius 1 is 1.29 bits per heavy atom. The molecule has 24 heavy (non-hydrogen) atoms. The molecule has 1 N–H and O–H groups in total. The van der Waals surface area contributed by atoms with E-state index in [0.717, 1.165) is 20.7 Å². The van der Waals surface area contributed by atoms with Crippen molar-refractivity contribution < 1.29 is 14.6 Å². The summed E-state index contributed by atoms with van der Waals surface area (Å²) >= 11 is 1.62. The quantitative estimate of drug-likeness (QED) is 0.611. The van der Waals surface area contributed by atoms with E-state index in [-0.39, 0.29) is 5.56 Å². The van der Waals surface area contributed by atoms with Crippen molar-refractivity contribution in [2.75, 3.05) is 7.11 Å². The second-order valence-corrected chi connectivity index (χ2v) is 6.55. The van der Waals surface area contributed by atoms with Crippen LogP contribution in [0, 0.1) is 0 Å². The Balaban J connectivity index is 1.84. The highest BCUT2D eigenvalue weighted by Crippen LogP contribution is 2.28. The van der Waals surface area contributed by atoms with Gasteiger partial charge in [0.2, 0.25) is 0 Å². The zero-order chi connectivity index (χ0) is 16.7. The molecule has 0 fully saturated rings. The molecule has 0 radical (unpaired) electrons. The molecule has 0 saturated heterocycles. The lowest BCUT2D eigenvalue weighted by Crippen LogP contribution is -1.98. The van der Waals surface area contributed by atoms with E-state index >= 15 is 0 Å². The van der Waals surface area contributed by atoms with Crippen LogP contribution in [0.3, 0.4) is 0 Å². The van der Waals surface area contributed by atoms with Gasteiger partial charge in [-0.25, -0.2) is 9.78 Å². The van der Waals surface area contributed by atoms with Crippen molar-refractivity contribution in [3.63, 3.8) is 0 Å². The van der Waals surface area contributed by atoms with E-state index in [1.807, 2.05) is 34.9 Å². The lowest BCUT2D eigenvalue weighted by Gasteiger charge is -2.04. The van der Waals surface area contributed by atoms with Crippen molar-refractivity contribution in [1.29, 1.82) is 0 Å². The monoisotopic (exact) mass is 338 g/mol. The molecule has 120 valence electrons. The molecule has 0 saturated carbocycles. The maximum atomic E-state index is 11.5. The van der Waals surface area contributed by atoms with Gasteiger partial charge in [0, 0.05) is 17.6 Å². The number of thiazole rings is 1. The fourth-order valence-corrected chi connectivity index (χ4v) is 3.80.